The smallest absolute Gasteiger partial charge is 0.266 e. The summed E-state index contributed by atoms with van der Waals surface area (Å²) in [7, 11) is 0. The Kier molecular flexibility index (Phi) is 5.57. The van der Waals surface area contributed by atoms with E-state index < -0.39 is 0 Å². The van der Waals surface area contributed by atoms with Crippen molar-refractivity contribution in [2.75, 3.05) is 18.5 Å². The Bertz CT molecular complexity index is 687. The third-order valence-corrected chi connectivity index (χ3v) is 3.63. The van der Waals surface area contributed by atoms with Gasteiger partial charge >= 0.3 is 0 Å². The fourth-order valence-corrected chi connectivity index (χ4v) is 2.45. The van der Waals surface area contributed by atoms with Crippen LogP contribution in [0.25, 0.3) is 0 Å². The number of carbonyl (C=O) groups is 1. The number of aryl methyl sites for hydroxylation is 1. The summed E-state index contributed by atoms with van der Waals surface area (Å²) in [5.74, 6) is 0.729. The highest BCUT2D eigenvalue weighted by Crippen LogP contribution is 2.16. The van der Waals surface area contributed by atoms with Crippen LogP contribution in [0.4, 0.5) is 5.69 Å². The summed E-state index contributed by atoms with van der Waals surface area (Å²) >= 11 is 0. The standard InChI is InChI=1S/C18H23N3O2/c1-5-7-17-13(3)20-21(14(17)4)18(22)12-19-15-8-10-16(11-9-15)23-6-2/h5,8-11,19H,1,6-7,12H2,2-4H3. The van der Waals surface area contributed by atoms with Gasteiger partial charge in [0.1, 0.15) is 5.75 Å². The van der Waals surface area contributed by atoms with Crippen LogP contribution >= 0.6 is 0 Å². The highest BCUT2D eigenvalue weighted by Gasteiger charge is 2.15. The monoisotopic (exact) mass is 313 g/mol. The van der Waals surface area contributed by atoms with Gasteiger partial charge in [-0.2, -0.15) is 5.10 Å². The first-order valence-electron chi connectivity index (χ1n) is 7.72. The lowest BCUT2D eigenvalue weighted by Crippen LogP contribution is -2.23. The van der Waals surface area contributed by atoms with Crippen molar-refractivity contribution in [3.63, 3.8) is 0 Å². The second-order valence-corrected chi connectivity index (χ2v) is 5.26. The Morgan fingerprint density at radius 2 is 2.04 bits per heavy atom. The van der Waals surface area contributed by atoms with Crippen molar-refractivity contribution in [3.05, 3.63) is 53.9 Å². The summed E-state index contributed by atoms with van der Waals surface area (Å²) in [6, 6.07) is 7.54. The lowest BCUT2D eigenvalue weighted by Gasteiger charge is -2.08. The Labute approximate surface area is 137 Å². The highest BCUT2D eigenvalue weighted by molar-refractivity contribution is 5.83. The molecule has 23 heavy (non-hydrogen) atoms. The maximum absolute atomic E-state index is 12.4. The van der Waals surface area contributed by atoms with Crippen molar-refractivity contribution >= 4 is 11.6 Å². The minimum Gasteiger partial charge on any atom is -0.494 e. The Balaban J connectivity index is 2.02. The minimum absolute atomic E-state index is 0.0882. The van der Waals surface area contributed by atoms with Gasteiger partial charge in [-0.25, -0.2) is 4.68 Å². The van der Waals surface area contributed by atoms with Gasteiger partial charge in [0.05, 0.1) is 18.8 Å². The number of aromatic nitrogens is 2. The van der Waals surface area contributed by atoms with Crippen LogP contribution in [0.5, 0.6) is 5.75 Å². The van der Waals surface area contributed by atoms with E-state index in [1.165, 1.54) is 4.68 Å². The maximum atomic E-state index is 12.4. The van der Waals surface area contributed by atoms with Gasteiger partial charge in [0.2, 0.25) is 0 Å². The fourth-order valence-electron chi connectivity index (χ4n) is 2.45. The van der Waals surface area contributed by atoms with E-state index in [-0.39, 0.29) is 12.5 Å². The topological polar surface area (TPSA) is 56.2 Å². The lowest BCUT2D eigenvalue weighted by molar-refractivity contribution is 0.0910. The van der Waals surface area contributed by atoms with E-state index in [4.69, 9.17) is 4.74 Å². The zero-order valence-corrected chi connectivity index (χ0v) is 13.9. The summed E-state index contributed by atoms with van der Waals surface area (Å²) in [4.78, 5) is 12.4. The summed E-state index contributed by atoms with van der Waals surface area (Å²) in [5, 5.41) is 7.45. The number of carbonyl (C=O) groups excluding carboxylic acids is 1. The molecule has 0 radical (unpaired) electrons. The Morgan fingerprint density at radius 1 is 1.35 bits per heavy atom. The molecule has 5 nitrogen and oxygen atoms in total. The van der Waals surface area contributed by atoms with Crippen molar-refractivity contribution in [1.29, 1.82) is 0 Å². The van der Waals surface area contributed by atoms with Gasteiger partial charge < -0.3 is 10.1 Å². The van der Waals surface area contributed by atoms with Crippen molar-refractivity contribution in [2.24, 2.45) is 0 Å². The number of nitrogens with zero attached hydrogens (tertiary/aromatic N) is 2. The SMILES string of the molecule is C=CCc1c(C)nn(C(=O)CNc2ccc(OCC)cc2)c1C. The molecule has 122 valence electrons. The molecule has 0 bridgehead atoms. The number of anilines is 1. The Morgan fingerprint density at radius 3 is 2.65 bits per heavy atom. The highest BCUT2D eigenvalue weighted by atomic mass is 16.5. The molecule has 2 rings (SSSR count). The number of hydrogen-bond acceptors (Lipinski definition) is 4. The van der Waals surface area contributed by atoms with Crippen LogP contribution in [0.2, 0.25) is 0 Å². The van der Waals surface area contributed by atoms with Gasteiger partial charge in [0.25, 0.3) is 5.91 Å². The molecule has 0 aliphatic rings. The normalized spacial score (nSPS) is 10.4. The fraction of sp³-hybridized carbons (Fsp3) is 0.333. The van der Waals surface area contributed by atoms with Crippen LogP contribution in [0.1, 0.15) is 28.7 Å². The first-order chi connectivity index (χ1) is 11.1. The zero-order valence-electron chi connectivity index (χ0n) is 13.9. The van der Waals surface area contributed by atoms with E-state index in [1.807, 2.05) is 51.1 Å². The molecule has 0 amide bonds. The molecule has 0 fully saturated rings. The second-order valence-electron chi connectivity index (χ2n) is 5.26. The molecule has 0 saturated heterocycles. The molecule has 1 heterocycles. The first kappa shape index (κ1) is 16.8. The number of allylic oxidation sites excluding steroid dienone is 1. The van der Waals surface area contributed by atoms with Crippen LogP contribution < -0.4 is 10.1 Å². The molecule has 2 aromatic rings. The molecular weight excluding hydrogens is 290 g/mol. The zero-order chi connectivity index (χ0) is 16.8. The largest absolute Gasteiger partial charge is 0.494 e. The third-order valence-electron chi connectivity index (χ3n) is 3.63. The molecule has 0 unspecified atom stereocenters. The van der Waals surface area contributed by atoms with Crippen LogP contribution in [0.3, 0.4) is 0 Å². The van der Waals surface area contributed by atoms with Gasteiger partial charge in [0, 0.05) is 16.9 Å². The number of rotatable bonds is 7. The first-order valence-corrected chi connectivity index (χ1v) is 7.72. The molecular formula is C18H23N3O2. The van der Waals surface area contributed by atoms with Gasteiger partial charge in [-0.05, 0) is 51.5 Å². The van der Waals surface area contributed by atoms with E-state index in [0.29, 0.717) is 6.61 Å². The number of benzene rings is 1. The molecule has 1 aromatic heterocycles. The summed E-state index contributed by atoms with van der Waals surface area (Å²) < 4.78 is 6.86. The van der Waals surface area contributed by atoms with Gasteiger partial charge in [0.15, 0.2) is 0 Å². The van der Waals surface area contributed by atoms with Gasteiger partial charge in [-0.3, -0.25) is 4.79 Å². The van der Waals surface area contributed by atoms with Crippen molar-refractivity contribution < 1.29 is 9.53 Å². The summed E-state index contributed by atoms with van der Waals surface area (Å²) in [6.07, 6.45) is 2.54. The number of ether oxygens (including phenoxy) is 1. The molecule has 0 aliphatic carbocycles. The second kappa shape index (κ2) is 7.63. The van der Waals surface area contributed by atoms with Crippen molar-refractivity contribution in [2.45, 2.75) is 27.2 Å². The Hall–Kier alpha value is -2.56. The van der Waals surface area contributed by atoms with Crippen LogP contribution in [0, 0.1) is 13.8 Å². The maximum Gasteiger partial charge on any atom is 0.266 e. The van der Waals surface area contributed by atoms with Crippen LogP contribution in [-0.2, 0) is 6.42 Å². The average molecular weight is 313 g/mol. The van der Waals surface area contributed by atoms with E-state index in [0.717, 1.165) is 34.8 Å². The number of hydrogen-bond donors (Lipinski definition) is 1. The lowest BCUT2D eigenvalue weighted by atomic mass is 10.1. The van der Waals surface area contributed by atoms with Gasteiger partial charge in [-0.1, -0.05) is 6.08 Å². The van der Waals surface area contributed by atoms with E-state index in [9.17, 15) is 4.79 Å². The molecule has 0 saturated carbocycles. The minimum atomic E-state index is -0.0882. The molecule has 0 atom stereocenters. The number of nitrogens with one attached hydrogen (secondary N) is 1. The average Bonchev–Trinajstić information content (AvgIpc) is 2.83. The summed E-state index contributed by atoms with van der Waals surface area (Å²) in [6.45, 7) is 10.3. The van der Waals surface area contributed by atoms with Crippen molar-refractivity contribution in [1.82, 2.24) is 9.78 Å². The summed E-state index contributed by atoms with van der Waals surface area (Å²) in [5.41, 5.74) is 3.68. The van der Waals surface area contributed by atoms with Crippen molar-refractivity contribution in [3.8, 4) is 5.75 Å². The van der Waals surface area contributed by atoms with Crippen LogP contribution in [0.15, 0.2) is 36.9 Å². The molecule has 0 spiro atoms. The quantitative estimate of drug-likeness (QED) is 0.796. The van der Waals surface area contributed by atoms with Gasteiger partial charge in [-0.15, -0.1) is 6.58 Å². The predicted molar refractivity (Wildman–Crippen MR) is 92.3 cm³/mol. The van der Waals surface area contributed by atoms with E-state index >= 15 is 0 Å². The molecule has 1 N–H and O–H groups in total. The van der Waals surface area contributed by atoms with Crippen LogP contribution in [-0.4, -0.2) is 28.8 Å². The third kappa shape index (κ3) is 4.00. The van der Waals surface area contributed by atoms with E-state index in [2.05, 4.69) is 17.0 Å². The van der Waals surface area contributed by atoms with E-state index in [1.54, 1.807) is 0 Å². The molecule has 1 aromatic carbocycles. The predicted octanol–water partition coefficient (Wildman–Crippen LogP) is 3.38. The molecule has 5 heteroatoms. The molecule has 0 aliphatic heterocycles.